The van der Waals surface area contributed by atoms with Gasteiger partial charge in [0.2, 0.25) is 7.29 Å². The molecule has 0 amide bonds. The predicted molar refractivity (Wildman–Crippen MR) is 107 cm³/mol. The van der Waals surface area contributed by atoms with Crippen LogP contribution in [0, 0.1) is 0 Å². The first-order valence-corrected chi connectivity index (χ1v) is 9.65. The lowest BCUT2D eigenvalue weighted by Gasteiger charge is -2.12. The highest BCUT2D eigenvalue weighted by Gasteiger charge is 2.25. The molecule has 0 saturated heterocycles. The molecule has 0 aliphatic carbocycles. The number of benzene rings is 2. The molecule has 25 heavy (non-hydrogen) atoms. The molecule has 0 spiro atoms. The summed E-state index contributed by atoms with van der Waals surface area (Å²) >= 11 is 5.76. The van der Waals surface area contributed by atoms with E-state index in [1.807, 2.05) is 45.0 Å². The average Bonchev–Trinajstić information content (AvgIpc) is 2.63. The Morgan fingerprint density at radius 2 is 1.40 bits per heavy atom. The minimum Gasteiger partial charge on any atom is -0.369 e. The summed E-state index contributed by atoms with van der Waals surface area (Å²) < 4.78 is 12.8. The van der Waals surface area contributed by atoms with Crippen molar-refractivity contribution in [2.75, 3.05) is 14.1 Å². The topological polar surface area (TPSA) is 69.1 Å². The number of hydrogen-bond acceptors (Lipinski definition) is 2. The first-order chi connectivity index (χ1) is 11.8. The van der Waals surface area contributed by atoms with Gasteiger partial charge >= 0.3 is 0 Å². The molecule has 2 aromatic rings. The van der Waals surface area contributed by atoms with Gasteiger partial charge in [0.25, 0.3) is 0 Å². The van der Waals surface area contributed by atoms with Crippen molar-refractivity contribution in [1.82, 2.24) is 4.90 Å². The predicted octanol–water partition coefficient (Wildman–Crippen LogP) is 5.26. The summed E-state index contributed by atoms with van der Waals surface area (Å²) in [6, 6.07) is 17.6. The third-order valence-electron chi connectivity index (χ3n) is 3.18. The Bertz CT molecular complexity index is 753. The molecule has 0 atom stereocenters. The van der Waals surface area contributed by atoms with Crippen LogP contribution in [0.3, 0.4) is 0 Å². The van der Waals surface area contributed by atoms with Crippen LogP contribution in [0.1, 0.15) is 13.8 Å². The van der Waals surface area contributed by atoms with Gasteiger partial charge < -0.3 is 9.46 Å². The van der Waals surface area contributed by atoms with E-state index in [0.717, 1.165) is 10.7 Å². The lowest BCUT2D eigenvalue weighted by Crippen LogP contribution is -2.13. The molecule has 0 aromatic heterocycles. The van der Waals surface area contributed by atoms with E-state index >= 15 is 0 Å². The van der Waals surface area contributed by atoms with Crippen LogP contribution in [0.5, 0.6) is 0 Å². The van der Waals surface area contributed by atoms with Gasteiger partial charge in [0.05, 0.1) is 0 Å². The molecule has 0 aliphatic heterocycles. The maximum atomic E-state index is 12.8. The maximum Gasteiger partial charge on any atom is 0.228 e. The van der Waals surface area contributed by atoms with Crippen LogP contribution in [0.2, 0.25) is 0 Å². The minimum absolute atomic E-state index is 0.545. The quantitative estimate of drug-likeness (QED) is 0.240. The molecule has 2 rings (SSSR count). The van der Waals surface area contributed by atoms with Gasteiger partial charge in [-0.05, 0) is 29.8 Å². The molecule has 132 valence electrons. The summed E-state index contributed by atoms with van der Waals surface area (Å²) in [5.74, 6) is 0. The first kappa shape index (κ1) is 20.9. The van der Waals surface area contributed by atoms with Crippen LogP contribution in [-0.4, -0.2) is 19.0 Å². The molecular formula is C18H22ClN4OP. The zero-order chi connectivity index (χ0) is 18.9. The molecule has 0 saturated carbocycles. The van der Waals surface area contributed by atoms with Crippen molar-refractivity contribution in [3.8, 4) is 0 Å². The molecule has 0 unspecified atom stereocenters. The molecule has 5 nitrogen and oxygen atoms in total. The zero-order valence-electron chi connectivity index (χ0n) is 14.8. The van der Waals surface area contributed by atoms with Crippen LogP contribution in [-0.2, 0) is 4.57 Å². The van der Waals surface area contributed by atoms with Gasteiger partial charge in [-0.1, -0.05) is 72.3 Å². The third kappa shape index (κ3) is 5.99. The van der Waals surface area contributed by atoms with Crippen LogP contribution in [0.15, 0.2) is 76.3 Å². The van der Waals surface area contributed by atoms with Crippen LogP contribution >= 0.6 is 18.9 Å². The summed E-state index contributed by atoms with van der Waals surface area (Å²) in [5.41, 5.74) is 9.76. The van der Waals surface area contributed by atoms with Crippen molar-refractivity contribution in [3.63, 3.8) is 0 Å². The summed E-state index contributed by atoms with van der Waals surface area (Å²) in [4.78, 5) is 8.14. The molecular weight excluding hydrogens is 355 g/mol. The monoisotopic (exact) mass is 376 g/mol. The maximum absolute atomic E-state index is 12.8. The first-order valence-electron chi connectivity index (χ1n) is 7.61. The number of allylic oxidation sites excluding steroid dienone is 1. The number of halogens is 1. The highest BCUT2D eigenvalue weighted by Crippen LogP contribution is 2.44. The van der Waals surface area contributed by atoms with Gasteiger partial charge in [-0.25, -0.2) is 0 Å². The van der Waals surface area contributed by atoms with Crippen LogP contribution in [0.25, 0.3) is 10.4 Å². The Morgan fingerprint density at radius 1 is 1.00 bits per heavy atom. The van der Waals surface area contributed by atoms with E-state index in [9.17, 15) is 4.57 Å². The summed E-state index contributed by atoms with van der Waals surface area (Å²) in [6.07, 6.45) is 0. The van der Waals surface area contributed by atoms with Crippen molar-refractivity contribution in [1.29, 1.82) is 0 Å². The van der Waals surface area contributed by atoms with Gasteiger partial charge in [0.15, 0.2) is 0 Å². The van der Waals surface area contributed by atoms with Gasteiger partial charge in [0, 0.05) is 29.6 Å². The van der Waals surface area contributed by atoms with Crippen molar-refractivity contribution in [2.24, 2.45) is 4.88 Å². The lowest BCUT2D eigenvalue weighted by atomic mass is 10.4. The highest BCUT2D eigenvalue weighted by molar-refractivity contribution is 7.77. The second kappa shape index (κ2) is 9.95. The van der Waals surface area contributed by atoms with E-state index < -0.39 is 7.29 Å². The summed E-state index contributed by atoms with van der Waals surface area (Å²) in [7, 11) is 0.636. The Kier molecular flexibility index (Phi) is 8.30. The summed E-state index contributed by atoms with van der Waals surface area (Å²) in [6.45, 7) is 3.98. The van der Waals surface area contributed by atoms with Crippen LogP contribution < -0.4 is 10.6 Å². The molecule has 0 fully saturated rings. The summed E-state index contributed by atoms with van der Waals surface area (Å²) in [5, 5.41) is 1.91. The van der Waals surface area contributed by atoms with Gasteiger partial charge in [-0.15, -0.1) is 0 Å². The standard InChI is InChI=1S/C12H10N3OP.C6H12ClN/c13-14-15-17(16,11-7-3-1-4-8-11)12-9-5-2-6-10-12;1-5(2)6(7)8(3)4/h1-10H;1-4H3. The van der Waals surface area contributed by atoms with E-state index in [1.165, 1.54) is 0 Å². The zero-order valence-corrected chi connectivity index (χ0v) is 16.4. The fraction of sp³-hybridized carbons (Fsp3) is 0.222. The average molecular weight is 377 g/mol. The normalized spacial score (nSPS) is 9.96. The van der Waals surface area contributed by atoms with E-state index in [4.69, 9.17) is 17.1 Å². The Hall–Kier alpha value is -2.19. The third-order valence-corrected chi connectivity index (χ3v) is 6.23. The smallest absolute Gasteiger partial charge is 0.228 e. The minimum atomic E-state index is -3.22. The second-order valence-electron chi connectivity index (χ2n) is 5.61. The van der Waals surface area contributed by atoms with E-state index in [1.54, 1.807) is 48.5 Å². The Morgan fingerprint density at radius 3 is 1.64 bits per heavy atom. The number of hydrogen-bond donors (Lipinski definition) is 0. The fourth-order valence-electron chi connectivity index (χ4n) is 2.02. The molecule has 0 bridgehead atoms. The molecule has 7 heteroatoms. The molecule has 0 aliphatic rings. The second-order valence-corrected chi connectivity index (χ2v) is 8.33. The molecule has 0 heterocycles. The van der Waals surface area contributed by atoms with Crippen molar-refractivity contribution in [2.45, 2.75) is 13.8 Å². The Balaban J connectivity index is 0.000000333. The van der Waals surface area contributed by atoms with Crippen LogP contribution in [0.4, 0.5) is 0 Å². The van der Waals surface area contributed by atoms with Gasteiger partial charge in [0.1, 0.15) is 5.16 Å². The van der Waals surface area contributed by atoms with E-state index in [0.29, 0.717) is 10.6 Å². The molecule has 0 radical (unpaired) electrons. The van der Waals surface area contributed by atoms with Crippen molar-refractivity contribution < 1.29 is 4.57 Å². The molecule has 2 aromatic carbocycles. The largest absolute Gasteiger partial charge is 0.369 e. The number of azide groups is 1. The van der Waals surface area contributed by atoms with Gasteiger partial charge in [-0.2, -0.15) is 0 Å². The lowest BCUT2D eigenvalue weighted by molar-refractivity contribution is 0.541. The van der Waals surface area contributed by atoms with E-state index in [2.05, 4.69) is 9.80 Å². The Labute approximate surface area is 154 Å². The highest BCUT2D eigenvalue weighted by atomic mass is 35.5. The van der Waals surface area contributed by atoms with Gasteiger partial charge in [-0.3, -0.25) is 0 Å². The number of rotatable bonds is 4. The fourth-order valence-corrected chi connectivity index (χ4v) is 3.79. The number of nitrogens with zero attached hydrogens (tertiary/aromatic N) is 4. The van der Waals surface area contributed by atoms with E-state index in [-0.39, 0.29) is 0 Å². The molecule has 0 N–H and O–H groups in total. The van der Waals surface area contributed by atoms with Crippen molar-refractivity contribution in [3.05, 3.63) is 81.8 Å². The van der Waals surface area contributed by atoms with Crippen molar-refractivity contribution >= 4 is 29.5 Å². The SMILES string of the molecule is CC(C)=C(Cl)N(C)C.[N-]=[N+]=NP(=O)(c1ccccc1)c1ccccc1.